The second-order valence-electron chi connectivity index (χ2n) is 7.38. The zero-order valence-corrected chi connectivity index (χ0v) is 14.9. The normalized spacial score (nSPS) is 20.6. The highest BCUT2D eigenvalue weighted by atomic mass is 16.1. The molecule has 2 N–H and O–H groups in total. The Morgan fingerprint density at radius 3 is 2.67 bits per heavy atom. The molecule has 2 fully saturated rings. The molecule has 1 aromatic rings. The van der Waals surface area contributed by atoms with Crippen LogP contribution < -0.4 is 15.5 Å². The Morgan fingerprint density at radius 2 is 1.92 bits per heavy atom. The summed E-state index contributed by atoms with van der Waals surface area (Å²) in [5.74, 6) is 1.29. The van der Waals surface area contributed by atoms with E-state index in [0.717, 1.165) is 31.9 Å². The topological polar surface area (TPSA) is 44.4 Å². The van der Waals surface area contributed by atoms with Gasteiger partial charge in [0, 0.05) is 19.5 Å². The van der Waals surface area contributed by atoms with Gasteiger partial charge in [-0.3, -0.25) is 4.79 Å². The summed E-state index contributed by atoms with van der Waals surface area (Å²) < 4.78 is 0. The SMILES string of the molecule is CC(CC(=O)Nc1ccccc1N1CCCCC1)C1CCNCC1. The second-order valence-corrected chi connectivity index (χ2v) is 7.38. The van der Waals surface area contributed by atoms with Crippen LogP contribution in [0, 0.1) is 11.8 Å². The average Bonchev–Trinajstić information content (AvgIpc) is 2.63. The summed E-state index contributed by atoms with van der Waals surface area (Å²) in [6.07, 6.45) is 6.82. The summed E-state index contributed by atoms with van der Waals surface area (Å²) in [7, 11) is 0. The molecule has 2 saturated heterocycles. The van der Waals surface area contributed by atoms with E-state index in [1.807, 2.05) is 12.1 Å². The van der Waals surface area contributed by atoms with Gasteiger partial charge >= 0.3 is 0 Å². The average molecular weight is 329 g/mol. The molecule has 132 valence electrons. The van der Waals surface area contributed by atoms with Crippen LogP contribution in [0.5, 0.6) is 0 Å². The van der Waals surface area contributed by atoms with Crippen molar-refractivity contribution in [3.63, 3.8) is 0 Å². The van der Waals surface area contributed by atoms with Gasteiger partial charge in [0.05, 0.1) is 11.4 Å². The summed E-state index contributed by atoms with van der Waals surface area (Å²) in [6.45, 7) is 6.60. The first-order valence-corrected chi connectivity index (χ1v) is 9.58. The van der Waals surface area contributed by atoms with Crippen molar-refractivity contribution < 1.29 is 4.79 Å². The fourth-order valence-corrected chi connectivity index (χ4v) is 4.06. The molecule has 0 aromatic heterocycles. The minimum atomic E-state index is 0.158. The van der Waals surface area contributed by atoms with Crippen molar-refractivity contribution >= 4 is 17.3 Å². The maximum Gasteiger partial charge on any atom is 0.224 e. The van der Waals surface area contributed by atoms with Gasteiger partial charge in [0.25, 0.3) is 0 Å². The Kier molecular flexibility index (Phi) is 6.13. The molecular formula is C20H31N3O. The van der Waals surface area contributed by atoms with E-state index in [-0.39, 0.29) is 5.91 Å². The largest absolute Gasteiger partial charge is 0.370 e. The summed E-state index contributed by atoms with van der Waals surface area (Å²) in [5, 5.41) is 6.58. The lowest BCUT2D eigenvalue weighted by atomic mass is 9.84. The molecule has 0 spiro atoms. The van der Waals surface area contributed by atoms with Crippen molar-refractivity contribution in [2.45, 2.75) is 45.4 Å². The molecule has 0 saturated carbocycles. The Balaban J connectivity index is 1.59. The van der Waals surface area contributed by atoms with E-state index >= 15 is 0 Å². The predicted octanol–water partition coefficient (Wildman–Crippen LogP) is 3.64. The fraction of sp³-hybridized carbons (Fsp3) is 0.650. The number of hydrogen-bond donors (Lipinski definition) is 2. The number of carbonyl (C=O) groups is 1. The number of nitrogens with zero attached hydrogens (tertiary/aromatic N) is 1. The minimum Gasteiger partial charge on any atom is -0.370 e. The van der Waals surface area contributed by atoms with E-state index in [1.54, 1.807) is 0 Å². The minimum absolute atomic E-state index is 0.158. The van der Waals surface area contributed by atoms with Crippen LogP contribution in [0.25, 0.3) is 0 Å². The molecule has 1 atom stereocenters. The van der Waals surface area contributed by atoms with Crippen molar-refractivity contribution in [1.29, 1.82) is 0 Å². The Bertz CT molecular complexity index is 533. The van der Waals surface area contributed by atoms with Gasteiger partial charge in [-0.2, -0.15) is 0 Å². The molecule has 3 rings (SSSR count). The van der Waals surface area contributed by atoms with Crippen molar-refractivity contribution in [3.05, 3.63) is 24.3 Å². The Morgan fingerprint density at radius 1 is 1.21 bits per heavy atom. The van der Waals surface area contributed by atoms with Gasteiger partial charge in [-0.1, -0.05) is 19.1 Å². The Hall–Kier alpha value is -1.55. The van der Waals surface area contributed by atoms with E-state index in [4.69, 9.17) is 0 Å². The number of amides is 1. The quantitative estimate of drug-likeness (QED) is 0.867. The monoisotopic (exact) mass is 329 g/mol. The maximum absolute atomic E-state index is 12.6. The number of nitrogens with one attached hydrogen (secondary N) is 2. The number of piperidine rings is 2. The van der Waals surface area contributed by atoms with E-state index < -0.39 is 0 Å². The van der Waals surface area contributed by atoms with Crippen molar-refractivity contribution in [2.75, 3.05) is 36.4 Å². The zero-order valence-electron chi connectivity index (χ0n) is 14.9. The zero-order chi connectivity index (χ0) is 16.8. The van der Waals surface area contributed by atoms with Gasteiger partial charge in [-0.25, -0.2) is 0 Å². The number of benzene rings is 1. The van der Waals surface area contributed by atoms with E-state index in [0.29, 0.717) is 18.3 Å². The molecular weight excluding hydrogens is 298 g/mol. The molecule has 2 aliphatic heterocycles. The Labute approximate surface area is 146 Å². The molecule has 24 heavy (non-hydrogen) atoms. The molecule has 1 unspecified atom stereocenters. The van der Waals surface area contributed by atoms with Gasteiger partial charge in [0.2, 0.25) is 5.91 Å². The third kappa shape index (κ3) is 4.50. The van der Waals surface area contributed by atoms with Crippen molar-refractivity contribution in [3.8, 4) is 0 Å². The fourth-order valence-electron chi connectivity index (χ4n) is 4.06. The van der Waals surface area contributed by atoms with Crippen molar-refractivity contribution in [1.82, 2.24) is 5.32 Å². The number of rotatable bonds is 5. The van der Waals surface area contributed by atoms with Crippen molar-refractivity contribution in [2.24, 2.45) is 11.8 Å². The van der Waals surface area contributed by atoms with E-state index in [1.165, 1.54) is 37.8 Å². The second kappa shape index (κ2) is 8.52. The summed E-state index contributed by atoms with van der Waals surface area (Å²) >= 11 is 0. The van der Waals surface area contributed by atoms with Crippen LogP contribution in [0.3, 0.4) is 0 Å². The maximum atomic E-state index is 12.6. The molecule has 2 aliphatic rings. The molecule has 1 aromatic carbocycles. The third-order valence-electron chi connectivity index (χ3n) is 5.57. The first-order chi connectivity index (χ1) is 11.7. The number of hydrogen-bond acceptors (Lipinski definition) is 3. The van der Waals surface area contributed by atoms with Gasteiger partial charge in [-0.15, -0.1) is 0 Å². The molecule has 4 nitrogen and oxygen atoms in total. The predicted molar refractivity (Wildman–Crippen MR) is 101 cm³/mol. The number of carbonyl (C=O) groups excluding carboxylic acids is 1. The molecule has 0 bridgehead atoms. The highest BCUT2D eigenvalue weighted by molar-refractivity contribution is 5.94. The smallest absolute Gasteiger partial charge is 0.224 e. The highest BCUT2D eigenvalue weighted by Crippen LogP contribution is 2.29. The molecule has 4 heteroatoms. The van der Waals surface area contributed by atoms with E-state index in [2.05, 4.69) is 34.6 Å². The lowest BCUT2D eigenvalue weighted by Crippen LogP contribution is -2.32. The van der Waals surface area contributed by atoms with Crippen LogP contribution >= 0.6 is 0 Å². The number of para-hydroxylation sites is 2. The van der Waals surface area contributed by atoms with Crippen LogP contribution in [-0.4, -0.2) is 32.1 Å². The van der Waals surface area contributed by atoms with Crippen LogP contribution in [0.2, 0.25) is 0 Å². The van der Waals surface area contributed by atoms with Gasteiger partial charge < -0.3 is 15.5 Å². The summed E-state index contributed by atoms with van der Waals surface area (Å²) in [4.78, 5) is 15.0. The molecule has 0 radical (unpaired) electrons. The third-order valence-corrected chi connectivity index (χ3v) is 5.57. The lowest BCUT2D eigenvalue weighted by molar-refractivity contribution is -0.117. The first kappa shape index (κ1) is 17.3. The summed E-state index contributed by atoms with van der Waals surface area (Å²) in [6, 6.07) is 8.25. The molecule has 0 aliphatic carbocycles. The van der Waals surface area contributed by atoms with Crippen LogP contribution in [0.1, 0.15) is 45.4 Å². The number of anilines is 2. The summed E-state index contributed by atoms with van der Waals surface area (Å²) in [5.41, 5.74) is 2.15. The highest BCUT2D eigenvalue weighted by Gasteiger charge is 2.22. The molecule has 1 amide bonds. The van der Waals surface area contributed by atoms with Gasteiger partial charge in [0.1, 0.15) is 0 Å². The van der Waals surface area contributed by atoms with E-state index in [9.17, 15) is 4.79 Å². The van der Waals surface area contributed by atoms with Gasteiger partial charge in [0.15, 0.2) is 0 Å². The first-order valence-electron chi connectivity index (χ1n) is 9.58. The van der Waals surface area contributed by atoms with Gasteiger partial charge in [-0.05, 0) is 69.2 Å². The van der Waals surface area contributed by atoms with Crippen LogP contribution in [0.4, 0.5) is 11.4 Å². The standard InChI is InChI=1S/C20H31N3O/c1-16(17-9-11-21-12-10-17)15-20(24)22-18-7-3-4-8-19(18)23-13-5-2-6-14-23/h3-4,7-8,16-17,21H,2,5-6,9-15H2,1H3,(H,22,24). The molecule has 2 heterocycles. The van der Waals surface area contributed by atoms with Crippen LogP contribution in [-0.2, 0) is 4.79 Å². The van der Waals surface area contributed by atoms with Crippen LogP contribution in [0.15, 0.2) is 24.3 Å². The lowest BCUT2D eigenvalue weighted by Gasteiger charge is -2.31.